The molecular formula is C41H51N3O6. The average Bonchev–Trinajstić information content (AvgIpc) is 3.40. The summed E-state index contributed by atoms with van der Waals surface area (Å²) in [6, 6.07) is 27.1. The van der Waals surface area contributed by atoms with Gasteiger partial charge in [-0.3, -0.25) is 14.4 Å². The minimum Gasteiger partial charge on any atom is -0.460 e. The number of hydrogen-bond acceptors (Lipinski definition) is 6. The van der Waals surface area contributed by atoms with Crippen molar-refractivity contribution in [2.24, 2.45) is 0 Å². The standard InChI is InChI=1S/C41H51N3O6/c1-39(2,3)50-38(48)43-40(4,5)37(47)42-34(22-14-19-29-15-8-6-9-16-29)35(45)44-25-23-41(24-26-44)27-32(31-20-12-13-21-33(31)41)36(46)49-28-30-17-10-7-11-18-30/h6-13,15-18,20-21,32,34H,14,19,22-28H2,1-5H3,(H,42,47)(H,43,48). The molecule has 0 radical (unpaired) electrons. The first-order valence-electron chi connectivity index (χ1n) is 17.7. The lowest BCUT2D eigenvalue weighted by atomic mass is 9.73. The van der Waals surface area contributed by atoms with Crippen molar-refractivity contribution in [1.82, 2.24) is 15.5 Å². The summed E-state index contributed by atoms with van der Waals surface area (Å²) < 4.78 is 11.2. The van der Waals surface area contributed by atoms with Gasteiger partial charge in [0.15, 0.2) is 0 Å². The second-order valence-electron chi connectivity index (χ2n) is 15.2. The Hall–Kier alpha value is -4.66. The maximum Gasteiger partial charge on any atom is 0.408 e. The third kappa shape index (κ3) is 9.11. The number of esters is 1. The molecular weight excluding hydrogens is 630 g/mol. The molecule has 50 heavy (non-hydrogen) atoms. The average molecular weight is 682 g/mol. The molecule has 2 aliphatic rings. The first-order chi connectivity index (χ1) is 23.8. The molecule has 0 saturated carbocycles. The molecule has 266 valence electrons. The van der Waals surface area contributed by atoms with Crippen LogP contribution in [0.1, 0.15) is 94.9 Å². The maximum absolute atomic E-state index is 14.2. The van der Waals surface area contributed by atoms with E-state index in [4.69, 9.17) is 9.47 Å². The molecule has 3 aromatic carbocycles. The Morgan fingerprint density at radius 3 is 2.08 bits per heavy atom. The van der Waals surface area contributed by atoms with Crippen LogP contribution in [-0.2, 0) is 42.3 Å². The number of nitrogens with one attached hydrogen (secondary N) is 2. The predicted molar refractivity (Wildman–Crippen MR) is 192 cm³/mol. The lowest BCUT2D eigenvalue weighted by Crippen LogP contribution is -2.60. The molecule has 1 heterocycles. The summed E-state index contributed by atoms with van der Waals surface area (Å²) in [4.78, 5) is 55.6. The van der Waals surface area contributed by atoms with Crippen molar-refractivity contribution in [2.45, 2.75) is 108 Å². The van der Waals surface area contributed by atoms with Crippen molar-refractivity contribution in [2.75, 3.05) is 13.1 Å². The Bertz CT molecular complexity index is 1640. The van der Waals surface area contributed by atoms with Gasteiger partial charge < -0.3 is 25.0 Å². The van der Waals surface area contributed by atoms with Gasteiger partial charge >= 0.3 is 12.1 Å². The smallest absolute Gasteiger partial charge is 0.408 e. The molecule has 2 atom stereocenters. The van der Waals surface area contributed by atoms with Crippen LogP contribution in [0.5, 0.6) is 0 Å². The number of amides is 3. The van der Waals surface area contributed by atoms with E-state index in [-0.39, 0.29) is 29.8 Å². The number of hydrogen-bond donors (Lipinski definition) is 2. The van der Waals surface area contributed by atoms with Gasteiger partial charge in [-0.1, -0.05) is 84.9 Å². The van der Waals surface area contributed by atoms with Crippen molar-refractivity contribution < 1.29 is 28.7 Å². The van der Waals surface area contributed by atoms with Gasteiger partial charge in [-0.15, -0.1) is 0 Å². The van der Waals surface area contributed by atoms with Crippen LogP contribution in [0.2, 0.25) is 0 Å². The largest absolute Gasteiger partial charge is 0.460 e. The molecule has 9 nitrogen and oxygen atoms in total. The van der Waals surface area contributed by atoms with E-state index in [0.717, 1.165) is 28.7 Å². The third-order valence-corrected chi connectivity index (χ3v) is 9.83. The highest BCUT2D eigenvalue weighted by Gasteiger charge is 2.49. The summed E-state index contributed by atoms with van der Waals surface area (Å²) in [7, 11) is 0. The van der Waals surface area contributed by atoms with Crippen molar-refractivity contribution >= 4 is 23.9 Å². The maximum atomic E-state index is 14.2. The zero-order valence-corrected chi connectivity index (χ0v) is 30.0. The first-order valence-corrected chi connectivity index (χ1v) is 17.7. The fourth-order valence-corrected chi connectivity index (χ4v) is 7.15. The first kappa shape index (κ1) is 36.6. The van der Waals surface area contributed by atoms with Crippen LogP contribution < -0.4 is 10.6 Å². The van der Waals surface area contributed by atoms with E-state index < -0.39 is 29.2 Å². The number of fused-ring (bicyclic) bond motifs is 2. The summed E-state index contributed by atoms with van der Waals surface area (Å²) in [5.74, 6) is -1.18. The van der Waals surface area contributed by atoms with Crippen LogP contribution in [-0.4, -0.2) is 59.0 Å². The Morgan fingerprint density at radius 1 is 0.840 bits per heavy atom. The third-order valence-electron chi connectivity index (χ3n) is 9.83. The minimum absolute atomic E-state index is 0.139. The number of ether oxygens (including phenoxy) is 2. The molecule has 3 aromatic rings. The van der Waals surface area contributed by atoms with E-state index in [1.165, 1.54) is 0 Å². The topological polar surface area (TPSA) is 114 Å². The molecule has 0 aromatic heterocycles. The van der Waals surface area contributed by atoms with Gasteiger partial charge in [-0.2, -0.15) is 0 Å². The number of piperidine rings is 1. The van der Waals surface area contributed by atoms with Gasteiger partial charge in [-0.05, 0) is 95.4 Å². The number of benzene rings is 3. The van der Waals surface area contributed by atoms with Gasteiger partial charge in [0, 0.05) is 18.5 Å². The molecule has 2 N–H and O–H groups in total. The number of rotatable bonds is 11. The number of carbonyl (C=O) groups excluding carboxylic acids is 4. The van der Waals surface area contributed by atoms with Crippen molar-refractivity contribution in [3.63, 3.8) is 0 Å². The number of aryl methyl sites for hydroxylation is 1. The fraction of sp³-hybridized carbons (Fsp3) is 0.463. The van der Waals surface area contributed by atoms with E-state index in [2.05, 4.69) is 28.8 Å². The van der Waals surface area contributed by atoms with Crippen LogP contribution in [0.15, 0.2) is 84.9 Å². The van der Waals surface area contributed by atoms with Gasteiger partial charge in [0.2, 0.25) is 11.8 Å². The van der Waals surface area contributed by atoms with Crippen LogP contribution in [0.4, 0.5) is 4.79 Å². The summed E-state index contributed by atoms with van der Waals surface area (Å²) in [6.45, 7) is 9.70. The van der Waals surface area contributed by atoms with E-state index in [0.29, 0.717) is 45.2 Å². The monoisotopic (exact) mass is 681 g/mol. The lowest BCUT2D eigenvalue weighted by Gasteiger charge is -2.41. The van der Waals surface area contributed by atoms with Crippen LogP contribution in [0.25, 0.3) is 0 Å². The molecule has 5 rings (SSSR count). The Kier molecular flexibility index (Phi) is 11.3. The zero-order chi connectivity index (χ0) is 35.9. The van der Waals surface area contributed by atoms with Gasteiger partial charge in [-0.25, -0.2) is 4.79 Å². The van der Waals surface area contributed by atoms with Gasteiger partial charge in [0.25, 0.3) is 0 Å². The van der Waals surface area contributed by atoms with Crippen molar-refractivity contribution in [3.8, 4) is 0 Å². The SMILES string of the molecule is CC(C)(C)OC(=O)NC(C)(C)C(=O)NC(CCCc1ccccc1)C(=O)N1CCC2(CC1)CC(C(=O)OCc1ccccc1)c1ccccc12. The molecule has 1 spiro atoms. The van der Waals surface area contributed by atoms with Crippen LogP contribution in [0.3, 0.4) is 0 Å². The van der Waals surface area contributed by atoms with Crippen molar-refractivity contribution in [3.05, 3.63) is 107 Å². The predicted octanol–water partition coefficient (Wildman–Crippen LogP) is 6.59. The number of carbonyl (C=O) groups is 4. The Balaban J connectivity index is 1.26. The highest BCUT2D eigenvalue weighted by atomic mass is 16.6. The normalized spacial score (nSPS) is 17.4. The molecule has 9 heteroatoms. The molecule has 1 saturated heterocycles. The summed E-state index contributed by atoms with van der Waals surface area (Å²) in [5, 5.41) is 5.63. The van der Waals surface area contributed by atoms with Gasteiger partial charge in [0.05, 0.1) is 5.92 Å². The van der Waals surface area contributed by atoms with Crippen molar-refractivity contribution in [1.29, 1.82) is 0 Å². The van der Waals surface area contributed by atoms with Crippen LogP contribution >= 0.6 is 0 Å². The fourth-order valence-electron chi connectivity index (χ4n) is 7.15. The number of nitrogens with zero attached hydrogens (tertiary/aromatic N) is 1. The highest BCUT2D eigenvalue weighted by Crippen LogP contribution is 2.52. The lowest BCUT2D eigenvalue weighted by molar-refractivity contribution is -0.147. The van der Waals surface area contributed by atoms with E-state index in [9.17, 15) is 19.2 Å². The summed E-state index contributed by atoms with van der Waals surface area (Å²) in [5.41, 5.74) is 2.00. The van der Waals surface area contributed by atoms with E-state index in [1.807, 2.05) is 71.6 Å². The molecule has 2 unspecified atom stereocenters. The molecule has 3 amide bonds. The highest BCUT2D eigenvalue weighted by molar-refractivity contribution is 5.93. The molecule has 0 bridgehead atoms. The Labute approximate surface area is 296 Å². The second-order valence-corrected chi connectivity index (χ2v) is 15.2. The quantitative estimate of drug-likeness (QED) is 0.221. The molecule has 1 fully saturated rings. The molecule has 1 aliphatic carbocycles. The number of alkyl carbamates (subject to hydrolysis) is 1. The van der Waals surface area contributed by atoms with E-state index >= 15 is 0 Å². The zero-order valence-electron chi connectivity index (χ0n) is 30.0. The van der Waals surface area contributed by atoms with Gasteiger partial charge in [0.1, 0.15) is 23.8 Å². The second kappa shape index (κ2) is 15.5. The van der Waals surface area contributed by atoms with E-state index in [1.54, 1.807) is 34.6 Å². The van der Waals surface area contributed by atoms with Crippen LogP contribution in [0, 0.1) is 0 Å². The molecule has 1 aliphatic heterocycles. The minimum atomic E-state index is -1.32. The summed E-state index contributed by atoms with van der Waals surface area (Å²) in [6.07, 6.45) is 3.25. The summed E-state index contributed by atoms with van der Waals surface area (Å²) >= 11 is 0. The Morgan fingerprint density at radius 2 is 1.44 bits per heavy atom. The number of likely N-dealkylation sites (tertiary alicyclic amines) is 1.